The Hall–Kier alpha value is -1.84. The van der Waals surface area contributed by atoms with E-state index in [4.69, 9.17) is 23.2 Å². The number of nitrogens with zero attached hydrogens (tertiary/aromatic N) is 2. The molecule has 0 aliphatic carbocycles. The lowest BCUT2D eigenvalue weighted by Crippen LogP contribution is -1.91. The van der Waals surface area contributed by atoms with E-state index < -0.39 is 0 Å². The topological polar surface area (TPSA) is 41.6 Å². The van der Waals surface area contributed by atoms with Crippen LogP contribution >= 0.6 is 23.2 Å². The molecule has 0 bridgehead atoms. The largest absolute Gasteiger partial charge is 0.342 e. The highest BCUT2D eigenvalue weighted by atomic mass is 35.5. The molecular formula is C15H11Cl2N3. The molecule has 3 rings (SSSR count). The van der Waals surface area contributed by atoms with Gasteiger partial charge in [-0.15, -0.1) is 0 Å². The van der Waals surface area contributed by atoms with Gasteiger partial charge in [-0.3, -0.25) is 4.98 Å². The Labute approximate surface area is 126 Å². The van der Waals surface area contributed by atoms with Crippen LogP contribution in [0.3, 0.4) is 0 Å². The van der Waals surface area contributed by atoms with Crippen molar-refractivity contribution >= 4 is 23.2 Å². The minimum Gasteiger partial charge on any atom is -0.342 e. The molecule has 0 radical (unpaired) electrons. The summed E-state index contributed by atoms with van der Waals surface area (Å²) in [6, 6.07) is 9.34. The maximum absolute atomic E-state index is 6.19. The molecular weight excluding hydrogens is 293 g/mol. The van der Waals surface area contributed by atoms with E-state index in [0.717, 1.165) is 22.6 Å². The van der Waals surface area contributed by atoms with E-state index in [2.05, 4.69) is 15.0 Å². The molecule has 0 saturated carbocycles. The van der Waals surface area contributed by atoms with Crippen molar-refractivity contribution in [3.8, 4) is 11.3 Å². The van der Waals surface area contributed by atoms with Gasteiger partial charge < -0.3 is 4.98 Å². The van der Waals surface area contributed by atoms with Crippen LogP contribution in [0.4, 0.5) is 0 Å². The van der Waals surface area contributed by atoms with Crippen molar-refractivity contribution in [2.24, 2.45) is 0 Å². The number of aromatic amines is 1. The third-order valence-corrected chi connectivity index (χ3v) is 3.49. The molecule has 0 atom stereocenters. The third kappa shape index (κ3) is 2.84. The first-order chi connectivity index (χ1) is 9.72. The summed E-state index contributed by atoms with van der Waals surface area (Å²) in [4.78, 5) is 11.7. The number of hydrogen-bond acceptors (Lipinski definition) is 2. The van der Waals surface area contributed by atoms with Crippen LogP contribution in [0.25, 0.3) is 11.3 Å². The standard InChI is InChI=1S/C15H11Cl2N3/c16-11-3-4-12(13(17)7-11)14-9-19-15(20-14)6-10-2-1-5-18-8-10/h1-5,7-9H,6H2,(H,19,20). The predicted octanol–water partition coefficient (Wildman–Crippen LogP) is 4.37. The second kappa shape index (κ2) is 5.65. The van der Waals surface area contributed by atoms with Crippen LogP contribution < -0.4 is 0 Å². The molecule has 0 spiro atoms. The molecule has 0 fully saturated rings. The maximum Gasteiger partial charge on any atom is 0.110 e. The van der Waals surface area contributed by atoms with E-state index in [1.807, 2.05) is 30.5 Å². The highest BCUT2D eigenvalue weighted by Crippen LogP contribution is 2.29. The van der Waals surface area contributed by atoms with Crippen LogP contribution in [0.5, 0.6) is 0 Å². The summed E-state index contributed by atoms with van der Waals surface area (Å²) in [7, 11) is 0. The molecule has 0 aliphatic heterocycles. The summed E-state index contributed by atoms with van der Waals surface area (Å²) < 4.78 is 0. The van der Waals surface area contributed by atoms with Crippen molar-refractivity contribution in [3.63, 3.8) is 0 Å². The smallest absolute Gasteiger partial charge is 0.110 e. The third-order valence-electron chi connectivity index (χ3n) is 2.94. The Bertz CT molecular complexity index is 723. The van der Waals surface area contributed by atoms with E-state index in [-0.39, 0.29) is 0 Å². The van der Waals surface area contributed by atoms with Gasteiger partial charge in [0, 0.05) is 29.4 Å². The van der Waals surface area contributed by atoms with Gasteiger partial charge in [0.25, 0.3) is 0 Å². The molecule has 0 aliphatic rings. The molecule has 0 amide bonds. The Morgan fingerprint density at radius 2 is 2.00 bits per heavy atom. The molecule has 5 heteroatoms. The fraction of sp³-hybridized carbons (Fsp3) is 0.0667. The van der Waals surface area contributed by atoms with Gasteiger partial charge in [0.1, 0.15) is 5.82 Å². The van der Waals surface area contributed by atoms with E-state index >= 15 is 0 Å². The average molecular weight is 304 g/mol. The summed E-state index contributed by atoms with van der Waals surface area (Å²) >= 11 is 12.1. The fourth-order valence-corrected chi connectivity index (χ4v) is 2.50. The molecule has 1 N–H and O–H groups in total. The zero-order valence-electron chi connectivity index (χ0n) is 10.5. The van der Waals surface area contributed by atoms with Gasteiger partial charge in [-0.05, 0) is 29.8 Å². The number of hydrogen-bond donors (Lipinski definition) is 1. The summed E-state index contributed by atoms with van der Waals surface area (Å²) in [5.74, 6) is 0.874. The quantitative estimate of drug-likeness (QED) is 0.780. The first-order valence-corrected chi connectivity index (χ1v) is 6.86. The predicted molar refractivity (Wildman–Crippen MR) is 81.1 cm³/mol. The van der Waals surface area contributed by atoms with Crippen LogP contribution in [0, 0.1) is 0 Å². The van der Waals surface area contributed by atoms with Crippen LogP contribution in [0.1, 0.15) is 11.4 Å². The molecule has 0 saturated heterocycles. The lowest BCUT2D eigenvalue weighted by Gasteiger charge is -2.02. The number of nitrogens with one attached hydrogen (secondary N) is 1. The summed E-state index contributed by atoms with van der Waals surface area (Å²) in [5.41, 5.74) is 2.88. The zero-order valence-corrected chi connectivity index (χ0v) is 12.0. The Morgan fingerprint density at radius 1 is 1.10 bits per heavy atom. The minimum atomic E-state index is 0.606. The molecule has 0 unspecified atom stereocenters. The van der Waals surface area contributed by atoms with E-state index in [0.29, 0.717) is 16.5 Å². The van der Waals surface area contributed by atoms with Crippen molar-refractivity contribution in [3.05, 3.63) is 70.4 Å². The lowest BCUT2D eigenvalue weighted by atomic mass is 10.2. The lowest BCUT2D eigenvalue weighted by molar-refractivity contribution is 1.01. The van der Waals surface area contributed by atoms with Crippen LogP contribution in [-0.2, 0) is 6.42 Å². The van der Waals surface area contributed by atoms with Crippen molar-refractivity contribution in [1.82, 2.24) is 15.0 Å². The van der Waals surface area contributed by atoms with E-state index in [9.17, 15) is 0 Å². The van der Waals surface area contributed by atoms with Crippen molar-refractivity contribution in [2.75, 3.05) is 0 Å². The first-order valence-electron chi connectivity index (χ1n) is 6.10. The molecule has 100 valence electrons. The molecule has 3 aromatic rings. The Balaban J connectivity index is 1.87. The minimum absolute atomic E-state index is 0.606. The first kappa shape index (κ1) is 13.2. The molecule has 2 heterocycles. The van der Waals surface area contributed by atoms with Gasteiger partial charge >= 0.3 is 0 Å². The highest BCUT2D eigenvalue weighted by Gasteiger charge is 2.08. The van der Waals surface area contributed by atoms with Gasteiger partial charge in [-0.1, -0.05) is 29.3 Å². The summed E-state index contributed by atoms with van der Waals surface area (Å²) in [6.45, 7) is 0. The van der Waals surface area contributed by atoms with Crippen molar-refractivity contribution < 1.29 is 0 Å². The van der Waals surface area contributed by atoms with Gasteiger partial charge in [-0.25, -0.2) is 4.98 Å². The van der Waals surface area contributed by atoms with Gasteiger partial charge in [0.2, 0.25) is 0 Å². The SMILES string of the molecule is Clc1ccc(-c2cnc(Cc3cccnc3)[nH]2)c(Cl)c1. The number of halogens is 2. The number of H-pyrrole nitrogens is 1. The molecule has 20 heavy (non-hydrogen) atoms. The summed E-state index contributed by atoms with van der Waals surface area (Å²) in [6.07, 6.45) is 6.07. The number of imidazole rings is 1. The van der Waals surface area contributed by atoms with Crippen LogP contribution in [0.2, 0.25) is 10.0 Å². The second-order valence-electron chi connectivity index (χ2n) is 4.41. The number of rotatable bonds is 3. The van der Waals surface area contributed by atoms with Gasteiger partial charge in [0.05, 0.1) is 16.9 Å². The van der Waals surface area contributed by atoms with Gasteiger partial charge in [-0.2, -0.15) is 0 Å². The molecule has 3 nitrogen and oxygen atoms in total. The van der Waals surface area contributed by atoms with Crippen molar-refractivity contribution in [1.29, 1.82) is 0 Å². The Kier molecular flexibility index (Phi) is 3.72. The number of aromatic nitrogens is 3. The molecule has 2 aromatic heterocycles. The monoisotopic (exact) mass is 303 g/mol. The van der Waals surface area contributed by atoms with Crippen LogP contribution in [-0.4, -0.2) is 15.0 Å². The average Bonchev–Trinajstić information content (AvgIpc) is 2.88. The normalized spacial score (nSPS) is 10.7. The Morgan fingerprint density at radius 3 is 2.75 bits per heavy atom. The number of pyridine rings is 1. The molecule has 1 aromatic carbocycles. The highest BCUT2D eigenvalue weighted by molar-refractivity contribution is 6.36. The summed E-state index contributed by atoms with van der Waals surface area (Å²) in [5, 5.41) is 1.22. The van der Waals surface area contributed by atoms with E-state index in [1.54, 1.807) is 18.5 Å². The van der Waals surface area contributed by atoms with Crippen molar-refractivity contribution in [2.45, 2.75) is 6.42 Å². The maximum atomic E-state index is 6.19. The fourth-order valence-electron chi connectivity index (χ4n) is 1.99. The zero-order chi connectivity index (χ0) is 13.9. The van der Waals surface area contributed by atoms with Crippen LogP contribution in [0.15, 0.2) is 48.9 Å². The van der Waals surface area contributed by atoms with E-state index in [1.165, 1.54) is 0 Å². The number of benzene rings is 1. The van der Waals surface area contributed by atoms with Gasteiger partial charge in [0.15, 0.2) is 0 Å². The second-order valence-corrected chi connectivity index (χ2v) is 5.25.